The van der Waals surface area contributed by atoms with Gasteiger partial charge in [0.25, 0.3) is 17.7 Å². The SMILES string of the molecule is Cc1[nH]c(C=C2C(=O)Nc3ccc(C(=O)N[C@H](C)c4ccc(F)cc4)cc32)c(C)c1C(=O)N1CCC[C@@H]1CN1CCCC1. The first-order valence-corrected chi connectivity index (χ1v) is 15.2. The average molecular weight is 584 g/mol. The number of carbonyl (C=O) groups is 3. The number of hydrogen-bond donors (Lipinski definition) is 3. The monoisotopic (exact) mass is 583 g/mol. The van der Waals surface area contributed by atoms with Crippen molar-refractivity contribution < 1.29 is 18.8 Å². The molecule has 3 aliphatic heterocycles. The van der Waals surface area contributed by atoms with E-state index >= 15 is 0 Å². The molecule has 3 N–H and O–H groups in total. The normalized spacial score (nSPS) is 20.0. The van der Waals surface area contributed by atoms with Crippen molar-refractivity contribution in [3.63, 3.8) is 0 Å². The molecule has 2 saturated heterocycles. The van der Waals surface area contributed by atoms with Gasteiger partial charge in [0.2, 0.25) is 0 Å². The summed E-state index contributed by atoms with van der Waals surface area (Å²) in [5.74, 6) is -0.855. The molecule has 2 fully saturated rings. The van der Waals surface area contributed by atoms with E-state index in [1.54, 1.807) is 36.4 Å². The van der Waals surface area contributed by atoms with Gasteiger partial charge in [0, 0.05) is 47.3 Å². The van der Waals surface area contributed by atoms with Crippen molar-refractivity contribution in [1.82, 2.24) is 20.1 Å². The minimum atomic E-state index is -0.334. The number of amides is 3. The number of H-pyrrole nitrogens is 1. The van der Waals surface area contributed by atoms with E-state index in [0.717, 1.165) is 55.8 Å². The van der Waals surface area contributed by atoms with Crippen LogP contribution in [0.25, 0.3) is 11.6 Å². The molecule has 2 atom stereocenters. The van der Waals surface area contributed by atoms with E-state index in [1.807, 2.05) is 25.7 Å². The molecule has 3 aliphatic rings. The van der Waals surface area contributed by atoms with Crippen LogP contribution in [0.2, 0.25) is 0 Å². The molecule has 0 radical (unpaired) electrons. The van der Waals surface area contributed by atoms with E-state index < -0.39 is 0 Å². The third kappa shape index (κ3) is 5.73. The van der Waals surface area contributed by atoms with Gasteiger partial charge in [-0.25, -0.2) is 4.39 Å². The Hall–Kier alpha value is -4.24. The van der Waals surface area contributed by atoms with Gasteiger partial charge in [0.05, 0.1) is 17.2 Å². The Morgan fingerprint density at radius 1 is 1.07 bits per heavy atom. The first-order chi connectivity index (χ1) is 20.7. The molecule has 6 rings (SSSR count). The number of hydrogen-bond acceptors (Lipinski definition) is 4. The van der Waals surface area contributed by atoms with E-state index in [4.69, 9.17) is 0 Å². The molecule has 2 aromatic carbocycles. The predicted molar refractivity (Wildman–Crippen MR) is 165 cm³/mol. The molecule has 3 aromatic rings. The zero-order chi connectivity index (χ0) is 30.2. The highest BCUT2D eigenvalue weighted by atomic mass is 19.1. The zero-order valence-corrected chi connectivity index (χ0v) is 24.9. The first-order valence-electron chi connectivity index (χ1n) is 15.2. The molecular weight excluding hydrogens is 545 g/mol. The maximum atomic E-state index is 13.8. The molecule has 3 amide bonds. The van der Waals surface area contributed by atoms with Crippen molar-refractivity contribution in [2.24, 2.45) is 0 Å². The molecule has 0 aliphatic carbocycles. The van der Waals surface area contributed by atoms with Crippen molar-refractivity contribution >= 4 is 35.1 Å². The van der Waals surface area contributed by atoms with Gasteiger partial charge in [-0.2, -0.15) is 0 Å². The van der Waals surface area contributed by atoms with Gasteiger partial charge >= 0.3 is 0 Å². The number of likely N-dealkylation sites (tertiary alicyclic amines) is 2. The molecule has 0 spiro atoms. The summed E-state index contributed by atoms with van der Waals surface area (Å²) in [6.45, 7) is 9.57. The van der Waals surface area contributed by atoms with Crippen LogP contribution in [0.3, 0.4) is 0 Å². The van der Waals surface area contributed by atoms with Gasteiger partial charge < -0.3 is 25.4 Å². The fraction of sp³-hybridized carbons (Fsp3) is 0.382. The fourth-order valence-corrected chi connectivity index (χ4v) is 6.67. The summed E-state index contributed by atoms with van der Waals surface area (Å²) in [7, 11) is 0. The van der Waals surface area contributed by atoms with E-state index in [2.05, 4.69) is 20.5 Å². The minimum absolute atomic E-state index is 0.0445. The molecule has 0 unspecified atom stereocenters. The molecule has 4 heterocycles. The Bertz CT molecular complexity index is 1600. The number of anilines is 1. The highest BCUT2D eigenvalue weighted by molar-refractivity contribution is 6.35. The Kier molecular flexibility index (Phi) is 7.92. The summed E-state index contributed by atoms with van der Waals surface area (Å²) in [6.07, 6.45) is 6.27. The predicted octanol–water partition coefficient (Wildman–Crippen LogP) is 5.45. The first kappa shape index (κ1) is 28.9. The van der Waals surface area contributed by atoms with Crippen LogP contribution >= 0.6 is 0 Å². The number of carbonyl (C=O) groups excluding carboxylic acids is 3. The van der Waals surface area contributed by atoms with Crippen molar-refractivity contribution in [3.05, 3.63) is 87.5 Å². The number of aromatic amines is 1. The Labute approximate surface area is 251 Å². The van der Waals surface area contributed by atoms with Crippen LogP contribution in [0.4, 0.5) is 10.1 Å². The van der Waals surface area contributed by atoms with Gasteiger partial charge in [-0.1, -0.05) is 12.1 Å². The van der Waals surface area contributed by atoms with Gasteiger partial charge in [-0.05, 0) is 107 Å². The smallest absolute Gasteiger partial charge is 0.256 e. The zero-order valence-electron chi connectivity index (χ0n) is 24.9. The van der Waals surface area contributed by atoms with Crippen molar-refractivity contribution in [3.8, 4) is 0 Å². The second-order valence-corrected chi connectivity index (χ2v) is 12.0. The largest absolute Gasteiger partial charge is 0.358 e. The molecule has 43 heavy (non-hydrogen) atoms. The van der Waals surface area contributed by atoms with Crippen molar-refractivity contribution in [2.75, 3.05) is 31.5 Å². The molecule has 9 heteroatoms. The van der Waals surface area contributed by atoms with Crippen LogP contribution in [0.15, 0.2) is 42.5 Å². The number of halogens is 1. The highest BCUT2D eigenvalue weighted by Gasteiger charge is 2.34. The van der Waals surface area contributed by atoms with Crippen LogP contribution in [0, 0.1) is 19.7 Å². The Morgan fingerprint density at radius 2 is 1.81 bits per heavy atom. The van der Waals surface area contributed by atoms with Gasteiger partial charge in [-0.3, -0.25) is 14.4 Å². The number of nitrogens with one attached hydrogen (secondary N) is 3. The fourth-order valence-electron chi connectivity index (χ4n) is 6.67. The lowest BCUT2D eigenvalue weighted by Crippen LogP contribution is -2.42. The average Bonchev–Trinajstić information content (AvgIpc) is 3.78. The summed E-state index contributed by atoms with van der Waals surface area (Å²) in [5, 5.41) is 5.83. The lowest BCUT2D eigenvalue weighted by molar-refractivity contribution is -0.110. The number of nitrogens with zero attached hydrogens (tertiary/aromatic N) is 2. The van der Waals surface area contributed by atoms with Gasteiger partial charge in [0.15, 0.2) is 0 Å². The maximum Gasteiger partial charge on any atom is 0.256 e. The van der Waals surface area contributed by atoms with Crippen LogP contribution in [0.1, 0.15) is 87.4 Å². The third-order valence-corrected chi connectivity index (χ3v) is 9.07. The Morgan fingerprint density at radius 3 is 2.56 bits per heavy atom. The van der Waals surface area contributed by atoms with Crippen molar-refractivity contribution in [2.45, 2.75) is 58.5 Å². The summed E-state index contributed by atoms with van der Waals surface area (Å²) in [6, 6.07) is 11.0. The van der Waals surface area contributed by atoms with E-state index in [9.17, 15) is 18.8 Å². The van der Waals surface area contributed by atoms with E-state index in [-0.39, 0.29) is 35.6 Å². The summed E-state index contributed by atoms with van der Waals surface area (Å²) < 4.78 is 13.3. The molecule has 0 saturated carbocycles. The lowest BCUT2D eigenvalue weighted by Gasteiger charge is -2.28. The van der Waals surface area contributed by atoms with Crippen LogP contribution in [-0.4, -0.2) is 64.7 Å². The number of benzene rings is 2. The highest BCUT2D eigenvalue weighted by Crippen LogP contribution is 2.35. The van der Waals surface area contributed by atoms with Crippen LogP contribution in [-0.2, 0) is 4.79 Å². The van der Waals surface area contributed by atoms with Gasteiger partial charge in [0.1, 0.15) is 5.82 Å². The van der Waals surface area contributed by atoms with E-state index in [1.165, 1.54) is 25.0 Å². The number of aryl methyl sites for hydroxylation is 1. The van der Waals surface area contributed by atoms with Crippen molar-refractivity contribution in [1.29, 1.82) is 0 Å². The third-order valence-electron chi connectivity index (χ3n) is 9.07. The van der Waals surface area contributed by atoms with Crippen LogP contribution in [0.5, 0.6) is 0 Å². The summed E-state index contributed by atoms with van der Waals surface area (Å²) >= 11 is 0. The number of fused-ring (bicyclic) bond motifs is 1. The molecule has 8 nitrogen and oxygen atoms in total. The maximum absolute atomic E-state index is 13.8. The topological polar surface area (TPSA) is 97.5 Å². The standard InChI is InChI=1S/C34H38FN5O3/c1-20-30(36-22(3)31(20)34(43)40-16-6-7-26(40)19-39-14-4-5-15-39)18-28-27-17-24(10-13-29(27)38-33(28)42)32(41)37-21(2)23-8-11-25(35)12-9-23/h8-13,17-18,21,26,36H,4-7,14-16,19H2,1-3H3,(H,37,41)(H,38,42)/t21-,26-/m1/s1. The second kappa shape index (κ2) is 11.8. The molecule has 0 bridgehead atoms. The summed E-state index contributed by atoms with van der Waals surface area (Å²) in [5.41, 5.74) is 5.82. The number of rotatable bonds is 7. The molecule has 224 valence electrons. The Balaban J connectivity index is 1.23. The molecular formula is C34H38FN5O3. The minimum Gasteiger partial charge on any atom is -0.358 e. The van der Waals surface area contributed by atoms with Crippen LogP contribution < -0.4 is 10.6 Å². The lowest BCUT2D eigenvalue weighted by atomic mass is 10.0. The quantitative estimate of drug-likeness (QED) is 0.322. The van der Waals surface area contributed by atoms with Gasteiger partial charge in [-0.15, -0.1) is 0 Å². The molecule has 1 aromatic heterocycles. The second-order valence-electron chi connectivity index (χ2n) is 12.0. The summed E-state index contributed by atoms with van der Waals surface area (Å²) in [4.78, 5) is 47.9. The number of aromatic nitrogens is 1. The van der Waals surface area contributed by atoms with E-state index in [0.29, 0.717) is 33.6 Å².